The molecule has 24 heavy (non-hydrogen) atoms. The number of pyridine rings is 1. The van der Waals surface area contributed by atoms with E-state index in [4.69, 9.17) is 4.74 Å². The molecule has 2 aromatic rings. The summed E-state index contributed by atoms with van der Waals surface area (Å²) in [7, 11) is 1.69. The molecule has 0 saturated carbocycles. The predicted molar refractivity (Wildman–Crippen MR) is 89.8 cm³/mol. The van der Waals surface area contributed by atoms with Crippen molar-refractivity contribution in [2.24, 2.45) is 0 Å². The average molecular weight is 327 g/mol. The minimum atomic E-state index is -0.108. The zero-order valence-corrected chi connectivity index (χ0v) is 14.0. The van der Waals surface area contributed by atoms with Crippen LogP contribution in [-0.4, -0.2) is 59.1 Å². The fourth-order valence-electron chi connectivity index (χ4n) is 2.77. The van der Waals surface area contributed by atoms with Gasteiger partial charge in [0.2, 0.25) is 0 Å². The minimum Gasteiger partial charge on any atom is -0.383 e. The predicted octanol–water partition coefficient (Wildman–Crippen LogP) is 1.29. The third-order valence-electron chi connectivity index (χ3n) is 4.03. The second-order valence-corrected chi connectivity index (χ2v) is 5.73. The monoisotopic (exact) mass is 327 g/mol. The van der Waals surface area contributed by atoms with Crippen molar-refractivity contribution >= 4 is 11.7 Å². The number of fused-ring (bicyclic) bond motifs is 1. The third kappa shape index (κ3) is 3.51. The Morgan fingerprint density at radius 3 is 2.92 bits per heavy atom. The van der Waals surface area contributed by atoms with Gasteiger partial charge in [0.05, 0.1) is 12.8 Å². The molecule has 1 aliphatic heterocycles. The Morgan fingerprint density at radius 2 is 2.17 bits per heavy atom. The van der Waals surface area contributed by atoms with Crippen molar-refractivity contribution in [2.75, 3.05) is 38.3 Å². The molecular weight excluding hydrogens is 306 g/mol. The second kappa shape index (κ2) is 7.35. The summed E-state index contributed by atoms with van der Waals surface area (Å²) >= 11 is 0. The first-order valence-electron chi connectivity index (χ1n) is 7.94. The first-order chi connectivity index (χ1) is 11.7. The lowest BCUT2D eigenvalue weighted by atomic mass is 10.2. The van der Waals surface area contributed by atoms with E-state index in [1.165, 1.54) is 12.4 Å². The van der Waals surface area contributed by atoms with Crippen LogP contribution in [0.25, 0.3) is 0 Å². The molecule has 0 spiro atoms. The lowest BCUT2D eigenvalue weighted by molar-refractivity contribution is 0.0744. The number of rotatable bonds is 4. The van der Waals surface area contributed by atoms with Crippen molar-refractivity contribution in [3.8, 4) is 0 Å². The first kappa shape index (κ1) is 16.3. The fourth-order valence-corrected chi connectivity index (χ4v) is 2.77. The van der Waals surface area contributed by atoms with E-state index in [-0.39, 0.29) is 5.91 Å². The molecule has 0 aromatic carbocycles. The van der Waals surface area contributed by atoms with Gasteiger partial charge >= 0.3 is 0 Å². The zero-order chi connectivity index (χ0) is 16.9. The van der Waals surface area contributed by atoms with Gasteiger partial charge in [0.25, 0.3) is 5.91 Å². The van der Waals surface area contributed by atoms with Crippen LogP contribution in [0.5, 0.6) is 0 Å². The normalized spacial score (nSPS) is 14.2. The third-order valence-corrected chi connectivity index (χ3v) is 4.03. The van der Waals surface area contributed by atoms with Crippen molar-refractivity contribution < 1.29 is 9.53 Å². The van der Waals surface area contributed by atoms with Crippen LogP contribution < -0.4 is 4.90 Å². The summed E-state index contributed by atoms with van der Waals surface area (Å²) in [6.45, 7) is 5.16. The van der Waals surface area contributed by atoms with Gasteiger partial charge in [-0.15, -0.1) is 0 Å². The SMILES string of the molecule is COCCN1CCN(C(=O)c2cnccn2)Cc2ccc(C)nc21. The maximum absolute atomic E-state index is 12.7. The van der Waals surface area contributed by atoms with E-state index < -0.39 is 0 Å². The van der Waals surface area contributed by atoms with Crippen LogP contribution in [0.2, 0.25) is 0 Å². The molecule has 0 aliphatic carbocycles. The summed E-state index contributed by atoms with van der Waals surface area (Å²) in [5, 5.41) is 0. The van der Waals surface area contributed by atoms with Crippen LogP contribution in [0.4, 0.5) is 5.82 Å². The fraction of sp³-hybridized carbons (Fsp3) is 0.412. The maximum atomic E-state index is 12.7. The van der Waals surface area contributed by atoms with Crippen LogP contribution >= 0.6 is 0 Å². The number of nitrogens with zero attached hydrogens (tertiary/aromatic N) is 5. The van der Waals surface area contributed by atoms with E-state index in [1.807, 2.05) is 19.1 Å². The van der Waals surface area contributed by atoms with Gasteiger partial charge in [-0.3, -0.25) is 9.78 Å². The van der Waals surface area contributed by atoms with Crippen LogP contribution in [0.1, 0.15) is 21.7 Å². The molecule has 7 nitrogen and oxygen atoms in total. The van der Waals surface area contributed by atoms with E-state index in [9.17, 15) is 4.79 Å². The van der Waals surface area contributed by atoms with E-state index in [0.717, 1.165) is 23.6 Å². The number of carbonyl (C=O) groups is 1. The van der Waals surface area contributed by atoms with Gasteiger partial charge in [0, 0.05) is 56.9 Å². The molecular formula is C17H21N5O2. The zero-order valence-electron chi connectivity index (χ0n) is 14.0. The molecule has 0 fully saturated rings. The van der Waals surface area contributed by atoms with Crippen LogP contribution in [-0.2, 0) is 11.3 Å². The largest absolute Gasteiger partial charge is 0.383 e. The van der Waals surface area contributed by atoms with Crippen LogP contribution in [0, 0.1) is 6.92 Å². The smallest absolute Gasteiger partial charge is 0.274 e. The van der Waals surface area contributed by atoms with Gasteiger partial charge in [0.15, 0.2) is 0 Å². The number of methoxy groups -OCH3 is 1. The van der Waals surface area contributed by atoms with Gasteiger partial charge < -0.3 is 14.5 Å². The molecule has 0 saturated heterocycles. The molecule has 126 valence electrons. The van der Waals surface area contributed by atoms with Crippen molar-refractivity contribution in [3.63, 3.8) is 0 Å². The molecule has 0 bridgehead atoms. The number of anilines is 1. The standard InChI is InChI=1S/C17H21N5O2/c1-13-3-4-14-12-22(17(23)15-11-18-5-6-19-15)8-7-21(9-10-24-2)16(14)20-13/h3-6,11H,7-10,12H2,1-2H3. The highest BCUT2D eigenvalue weighted by Gasteiger charge is 2.25. The minimum absolute atomic E-state index is 0.108. The van der Waals surface area contributed by atoms with Crippen molar-refractivity contribution in [1.29, 1.82) is 0 Å². The number of amides is 1. The first-order valence-corrected chi connectivity index (χ1v) is 7.94. The number of ether oxygens (including phenoxy) is 1. The summed E-state index contributed by atoms with van der Waals surface area (Å²) in [6, 6.07) is 4.02. The molecule has 3 heterocycles. The van der Waals surface area contributed by atoms with Gasteiger partial charge in [-0.2, -0.15) is 0 Å². The van der Waals surface area contributed by atoms with Crippen molar-refractivity contribution in [3.05, 3.63) is 47.7 Å². The van der Waals surface area contributed by atoms with Crippen LogP contribution in [0.3, 0.4) is 0 Å². The molecule has 1 aliphatic rings. The summed E-state index contributed by atoms with van der Waals surface area (Å²) in [6.07, 6.45) is 4.60. The van der Waals surface area contributed by atoms with E-state index in [0.29, 0.717) is 31.9 Å². The lowest BCUT2D eigenvalue weighted by Gasteiger charge is -2.23. The molecule has 0 unspecified atom stereocenters. The molecule has 0 radical (unpaired) electrons. The topological polar surface area (TPSA) is 71.5 Å². The molecule has 7 heteroatoms. The van der Waals surface area contributed by atoms with Crippen LogP contribution in [0.15, 0.2) is 30.7 Å². The summed E-state index contributed by atoms with van der Waals surface area (Å²) in [4.78, 5) is 29.5. The van der Waals surface area contributed by atoms with Gasteiger partial charge in [-0.05, 0) is 13.0 Å². The lowest BCUT2D eigenvalue weighted by Crippen LogP contribution is -2.37. The Bertz CT molecular complexity index is 707. The quantitative estimate of drug-likeness (QED) is 0.843. The number of hydrogen-bond donors (Lipinski definition) is 0. The number of aromatic nitrogens is 3. The highest BCUT2D eigenvalue weighted by Crippen LogP contribution is 2.24. The maximum Gasteiger partial charge on any atom is 0.274 e. The molecule has 0 N–H and O–H groups in total. The Balaban J connectivity index is 1.87. The highest BCUT2D eigenvalue weighted by atomic mass is 16.5. The molecule has 0 atom stereocenters. The van der Waals surface area contributed by atoms with E-state index in [2.05, 4.69) is 19.9 Å². The molecule has 3 rings (SSSR count). The number of aryl methyl sites for hydroxylation is 1. The Morgan fingerprint density at radius 1 is 1.29 bits per heavy atom. The second-order valence-electron chi connectivity index (χ2n) is 5.73. The molecule has 2 aromatic heterocycles. The Hall–Kier alpha value is -2.54. The van der Waals surface area contributed by atoms with E-state index >= 15 is 0 Å². The van der Waals surface area contributed by atoms with E-state index in [1.54, 1.807) is 18.2 Å². The average Bonchev–Trinajstić information content (AvgIpc) is 2.79. The summed E-state index contributed by atoms with van der Waals surface area (Å²) < 4.78 is 5.21. The number of carbonyl (C=O) groups excluding carboxylic acids is 1. The summed E-state index contributed by atoms with van der Waals surface area (Å²) in [5.41, 5.74) is 2.36. The van der Waals surface area contributed by atoms with Gasteiger partial charge in [-0.1, -0.05) is 6.07 Å². The van der Waals surface area contributed by atoms with Gasteiger partial charge in [-0.25, -0.2) is 9.97 Å². The number of hydrogen-bond acceptors (Lipinski definition) is 6. The van der Waals surface area contributed by atoms with Gasteiger partial charge in [0.1, 0.15) is 11.5 Å². The Labute approximate surface area is 141 Å². The van der Waals surface area contributed by atoms with Crippen molar-refractivity contribution in [2.45, 2.75) is 13.5 Å². The summed E-state index contributed by atoms with van der Waals surface area (Å²) in [5.74, 6) is 0.824. The Kier molecular flexibility index (Phi) is 5.00. The molecule has 1 amide bonds. The van der Waals surface area contributed by atoms with Crippen molar-refractivity contribution in [1.82, 2.24) is 19.9 Å². The highest BCUT2D eigenvalue weighted by molar-refractivity contribution is 5.92.